The molecule has 4 heteroatoms. The van der Waals surface area contributed by atoms with Gasteiger partial charge in [-0.05, 0) is 76.3 Å². The Morgan fingerprint density at radius 3 is 2.07 bits per heavy atom. The number of unbranched alkanes of at least 4 members (excludes halogenated alkanes) is 1. The van der Waals surface area contributed by atoms with Crippen molar-refractivity contribution in [3.63, 3.8) is 0 Å². The normalized spacial score (nSPS) is 11.8. The Morgan fingerprint density at radius 2 is 1.39 bits per heavy atom. The van der Waals surface area contributed by atoms with Gasteiger partial charge in [0.2, 0.25) is 0 Å². The second-order valence-corrected chi connectivity index (χ2v) is 8.80. The number of nitrogens with one attached hydrogen (secondary N) is 1. The van der Waals surface area contributed by atoms with Crippen LogP contribution in [0.2, 0.25) is 0 Å². The number of hydrogen-bond acceptors (Lipinski definition) is 2. The van der Waals surface area contributed by atoms with E-state index in [2.05, 4.69) is 35.9 Å². The molecule has 0 saturated carbocycles. The van der Waals surface area contributed by atoms with Crippen LogP contribution in [0.5, 0.6) is 0 Å². The summed E-state index contributed by atoms with van der Waals surface area (Å²) in [5, 5.41) is 4.40. The van der Waals surface area contributed by atoms with E-state index in [-0.39, 0.29) is 4.90 Å². The molecule has 0 heterocycles. The molecular formula is C24H23NO2S. The van der Waals surface area contributed by atoms with Crippen molar-refractivity contribution in [3.05, 3.63) is 84.4 Å². The highest BCUT2D eigenvalue weighted by molar-refractivity contribution is 7.92. The highest BCUT2D eigenvalue weighted by atomic mass is 32.2. The highest BCUT2D eigenvalue weighted by Gasteiger charge is 2.14. The van der Waals surface area contributed by atoms with Crippen LogP contribution >= 0.6 is 0 Å². The van der Waals surface area contributed by atoms with Crippen LogP contribution < -0.4 is 4.72 Å². The van der Waals surface area contributed by atoms with Gasteiger partial charge in [-0.25, -0.2) is 8.42 Å². The summed E-state index contributed by atoms with van der Waals surface area (Å²) in [5.41, 5.74) is 1.73. The number of hydrogen-bond donors (Lipinski definition) is 1. The number of fused-ring (bicyclic) bond motifs is 2. The number of rotatable bonds is 6. The van der Waals surface area contributed by atoms with Crippen LogP contribution in [0.25, 0.3) is 21.5 Å². The summed E-state index contributed by atoms with van der Waals surface area (Å²) in [5.74, 6) is 0. The predicted molar refractivity (Wildman–Crippen MR) is 117 cm³/mol. The Balaban J connectivity index is 1.61. The van der Waals surface area contributed by atoms with Crippen molar-refractivity contribution in [2.75, 3.05) is 4.72 Å². The van der Waals surface area contributed by atoms with Crippen LogP contribution in [0, 0.1) is 0 Å². The van der Waals surface area contributed by atoms with Crippen molar-refractivity contribution in [2.24, 2.45) is 0 Å². The van der Waals surface area contributed by atoms with Crippen LogP contribution in [-0.2, 0) is 16.4 Å². The van der Waals surface area contributed by atoms with Gasteiger partial charge >= 0.3 is 0 Å². The first kappa shape index (κ1) is 18.5. The zero-order chi connectivity index (χ0) is 19.6. The molecule has 0 unspecified atom stereocenters. The van der Waals surface area contributed by atoms with E-state index < -0.39 is 10.0 Å². The lowest BCUT2D eigenvalue weighted by Gasteiger charge is -2.10. The molecule has 0 spiro atoms. The van der Waals surface area contributed by atoms with Gasteiger partial charge in [-0.2, -0.15) is 0 Å². The smallest absolute Gasteiger partial charge is 0.261 e. The summed E-state index contributed by atoms with van der Waals surface area (Å²) in [6.07, 6.45) is 3.21. The van der Waals surface area contributed by atoms with Gasteiger partial charge in [-0.3, -0.25) is 4.72 Å². The maximum absolute atomic E-state index is 12.8. The standard InChI is InChI=1S/C24H23NO2S/c1-2-3-6-18-9-13-24(14-10-18)28(26,27)25-23-12-11-21-15-19-7-4-5-8-20(19)16-22(21)17-23/h4-5,7-17,25H,2-3,6H2,1H3. The predicted octanol–water partition coefficient (Wildman–Crippen LogP) is 6.14. The van der Waals surface area contributed by atoms with Crippen LogP contribution in [-0.4, -0.2) is 8.42 Å². The molecular weight excluding hydrogens is 366 g/mol. The zero-order valence-corrected chi connectivity index (χ0v) is 16.7. The van der Waals surface area contributed by atoms with E-state index in [9.17, 15) is 8.42 Å². The first-order valence-electron chi connectivity index (χ1n) is 9.59. The summed E-state index contributed by atoms with van der Waals surface area (Å²) < 4.78 is 28.2. The molecule has 0 fully saturated rings. The largest absolute Gasteiger partial charge is 0.280 e. The molecule has 28 heavy (non-hydrogen) atoms. The second kappa shape index (κ2) is 7.64. The van der Waals surface area contributed by atoms with Crippen LogP contribution in [0.4, 0.5) is 5.69 Å². The van der Waals surface area contributed by atoms with Gasteiger partial charge in [0.25, 0.3) is 10.0 Å². The maximum atomic E-state index is 12.8. The Kier molecular flexibility index (Phi) is 5.05. The van der Waals surface area contributed by atoms with E-state index in [4.69, 9.17) is 0 Å². The summed E-state index contributed by atoms with van der Waals surface area (Å²) in [7, 11) is -3.61. The van der Waals surface area contributed by atoms with Crippen molar-refractivity contribution in [2.45, 2.75) is 31.1 Å². The van der Waals surface area contributed by atoms with Gasteiger partial charge < -0.3 is 0 Å². The topological polar surface area (TPSA) is 46.2 Å². The lowest BCUT2D eigenvalue weighted by Crippen LogP contribution is -2.12. The average Bonchev–Trinajstić information content (AvgIpc) is 2.70. The van der Waals surface area contributed by atoms with E-state index in [1.165, 1.54) is 10.9 Å². The summed E-state index contributed by atoms with van der Waals surface area (Å²) in [4.78, 5) is 0.284. The molecule has 0 radical (unpaired) electrons. The van der Waals surface area contributed by atoms with Gasteiger partial charge in [-0.1, -0.05) is 55.8 Å². The van der Waals surface area contributed by atoms with Gasteiger partial charge in [0.1, 0.15) is 0 Å². The zero-order valence-electron chi connectivity index (χ0n) is 15.9. The highest BCUT2D eigenvalue weighted by Crippen LogP contribution is 2.26. The van der Waals surface area contributed by atoms with Gasteiger partial charge in [0.15, 0.2) is 0 Å². The fourth-order valence-corrected chi connectivity index (χ4v) is 4.48. The summed E-state index contributed by atoms with van der Waals surface area (Å²) >= 11 is 0. The maximum Gasteiger partial charge on any atom is 0.261 e. The molecule has 4 rings (SSSR count). The lowest BCUT2D eigenvalue weighted by atomic mass is 10.0. The molecule has 0 aliphatic heterocycles. The van der Waals surface area contributed by atoms with Crippen molar-refractivity contribution in [1.82, 2.24) is 0 Å². The average molecular weight is 390 g/mol. The Labute approximate surface area is 166 Å². The van der Waals surface area contributed by atoms with Crippen molar-refractivity contribution < 1.29 is 8.42 Å². The third kappa shape index (κ3) is 3.87. The van der Waals surface area contributed by atoms with Crippen molar-refractivity contribution in [3.8, 4) is 0 Å². The van der Waals surface area contributed by atoms with Crippen LogP contribution in [0.1, 0.15) is 25.3 Å². The first-order chi connectivity index (χ1) is 13.5. The van der Waals surface area contributed by atoms with Crippen LogP contribution in [0.3, 0.4) is 0 Å². The summed E-state index contributed by atoms with van der Waals surface area (Å²) in [6, 6.07) is 25.2. The Bertz CT molecular complexity index is 1230. The molecule has 0 saturated heterocycles. The Morgan fingerprint density at radius 1 is 0.750 bits per heavy atom. The number of anilines is 1. The number of benzene rings is 4. The van der Waals surface area contributed by atoms with Gasteiger partial charge in [0, 0.05) is 5.69 Å². The fourth-order valence-electron chi connectivity index (χ4n) is 3.43. The quantitative estimate of drug-likeness (QED) is 0.403. The second-order valence-electron chi connectivity index (χ2n) is 7.11. The minimum Gasteiger partial charge on any atom is -0.280 e. The molecule has 0 atom stereocenters. The number of sulfonamides is 1. The molecule has 3 nitrogen and oxygen atoms in total. The first-order valence-corrected chi connectivity index (χ1v) is 11.1. The van der Waals surface area contributed by atoms with E-state index >= 15 is 0 Å². The minimum absolute atomic E-state index is 0.284. The molecule has 0 aliphatic rings. The molecule has 0 amide bonds. The van der Waals surface area contributed by atoms with Crippen molar-refractivity contribution in [1.29, 1.82) is 0 Å². The van der Waals surface area contributed by atoms with Gasteiger partial charge in [0.05, 0.1) is 4.90 Å². The molecule has 0 bridgehead atoms. The monoisotopic (exact) mass is 389 g/mol. The van der Waals surface area contributed by atoms with Crippen molar-refractivity contribution >= 4 is 37.3 Å². The molecule has 0 aromatic heterocycles. The lowest BCUT2D eigenvalue weighted by molar-refractivity contribution is 0.601. The SMILES string of the molecule is CCCCc1ccc(S(=O)(=O)Nc2ccc3cc4ccccc4cc3c2)cc1. The van der Waals surface area contributed by atoms with Gasteiger partial charge in [-0.15, -0.1) is 0 Å². The third-order valence-corrected chi connectivity index (χ3v) is 6.41. The summed E-state index contributed by atoms with van der Waals surface area (Å²) in [6.45, 7) is 2.15. The molecule has 142 valence electrons. The number of aryl methyl sites for hydroxylation is 1. The molecule has 1 N–H and O–H groups in total. The van der Waals surface area contributed by atoms with E-state index in [0.717, 1.165) is 35.4 Å². The molecule has 4 aromatic carbocycles. The molecule has 4 aromatic rings. The fraction of sp³-hybridized carbons (Fsp3) is 0.167. The van der Waals surface area contributed by atoms with Crippen LogP contribution in [0.15, 0.2) is 83.8 Å². The minimum atomic E-state index is -3.61. The van der Waals surface area contributed by atoms with E-state index in [0.29, 0.717) is 5.69 Å². The van der Waals surface area contributed by atoms with E-state index in [1.807, 2.05) is 42.5 Å². The molecule has 0 aliphatic carbocycles. The Hall–Kier alpha value is -2.85. The third-order valence-electron chi connectivity index (χ3n) is 5.01. The van der Waals surface area contributed by atoms with E-state index in [1.54, 1.807) is 12.1 Å².